The van der Waals surface area contributed by atoms with Gasteiger partial charge in [-0.15, -0.1) is 0 Å². The lowest BCUT2D eigenvalue weighted by atomic mass is 10.0. The van der Waals surface area contributed by atoms with Crippen molar-refractivity contribution in [3.8, 4) is 5.75 Å². The number of hydrogen-bond acceptors (Lipinski definition) is 5. The van der Waals surface area contributed by atoms with Crippen LogP contribution in [0.1, 0.15) is 24.1 Å². The summed E-state index contributed by atoms with van der Waals surface area (Å²) >= 11 is 0. The van der Waals surface area contributed by atoms with E-state index in [2.05, 4.69) is 0 Å². The van der Waals surface area contributed by atoms with Gasteiger partial charge in [-0.2, -0.15) is 4.31 Å². The van der Waals surface area contributed by atoms with E-state index < -0.39 is 21.9 Å². The van der Waals surface area contributed by atoms with Crippen LogP contribution in [0.3, 0.4) is 0 Å². The SMILES string of the molecule is CC1c2cc(COCCN(C)C)ccc2OCCN1S(=O)(=O)c1ccc(F)cc1. The Labute approximate surface area is 171 Å². The Balaban J connectivity index is 1.83. The fourth-order valence-electron chi connectivity index (χ4n) is 3.25. The quantitative estimate of drug-likeness (QED) is 0.642. The average molecular weight is 423 g/mol. The number of fused-ring (bicyclic) bond motifs is 1. The summed E-state index contributed by atoms with van der Waals surface area (Å²) in [5.74, 6) is 0.201. The summed E-state index contributed by atoms with van der Waals surface area (Å²) in [6.45, 7) is 4.18. The van der Waals surface area contributed by atoms with E-state index in [4.69, 9.17) is 9.47 Å². The Bertz CT molecular complexity index is 932. The Morgan fingerprint density at radius 3 is 2.62 bits per heavy atom. The zero-order valence-electron chi connectivity index (χ0n) is 17.0. The second-order valence-corrected chi connectivity index (χ2v) is 9.21. The van der Waals surface area contributed by atoms with Gasteiger partial charge in [-0.3, -0.25) is 0 Å². The standard InChI is InChI=1S/C21H27FN2O4S/c1-16-20-14-17(15-27-12-10-23(2)3)4-9-21(20)28-13-11-24(16)29(25,26)19-7-5-18(22)6-8-19/h4-9,14,16H,10-13,15H2,1-3H3. The van der Waals surface area contributed by atoms with Crippen molar-refractivity contribution < 1.29 is 22.3 Å². The molecule has 6 nitrogen and oxygen atoms in total. The fourth-order valence-corrected chi connectivity index (χ4v) is 4.84. The van der Waals surface area contributed by atoms with E-state index in [1.807, 2.05) is 44.1 Å². The first-order chi connectivity index (χ1) is 13.8. The van der Waals surface area contributed by atoms with E-state index in [1.54, 1.807) is 0 Å². The molecule has 0 bridgehead atoms. The molecule has 1 aliphatic heterocycles. The molecule has 0 radical (unpaired) electrons. The summed E-state index contributed by atoms with van der Waals surface area (Å²) < 4.78 is 52.4. The van der Waals surface area contributed by atoms with E-state index in [0.717, 1.165) is 29.8 Å². The third kappa shape index (κ3) is 5.14. The number of likely N-dealkylation sites (N-methyl/N-ethyl adjacent to an activating group) is 1. The molecule has 29 heavy (non-hydrogen) atoms. The molecule has 2 aromatic carbocycles. The third-order valence-corrected chi connectivity index (χ3v) is 6.88. The molecule has 2 aromatic rings. The summed E-state index contributed by atoms with van der Waals surface area (Å²) in [5, 5.41) is 0. The van der Waals surface area contributed by atoms with Crippen molar-refractivity contribution in [2.75, 3.05) is 40.4 Å². The van der Waals surface area contributed by atoms with E-state index in [1.165, 1.54) is 16.4 Å². The highest BCUT2D eigenvalue weighted by molar-refractivity contribution is 7.89. The second kappa shape index (κ2) is 9.21. The fraction of sp³-hybridized carbons (Fsp3) is 0.429. The highest BCUT2D eigenvalue weighted by Crippen LogP contribution is 2.35. The first-order valence-electron chi connectivity index (χ1n) is 9.54. The van der Waals surface area contributed by atoms with Crippen LogP contribution in [0, 0.1) is 5.82 Å². The lowest BCUT2D eigenvalue weighted by Gasteiger charge is -2.26. The van der Waals surface area contributed by atoms with Gasteiger partial charge in [-0.1, -0.05) is 6.07 Å². The minimum Gasteiger partial charge on any atom is -0.492 e. The van der Waals surface area contributed by atoms with Crippen molar-refractivity contribution in [3.63, 3.8) is 0 Å². The Kier molecular flexibility index (Phi) is 6.89. The molecule has 0 N–H and O–H groups in total. The number of hydrogen-bond donors (Lipinski definition) is 0. The van der Waals surface area contributed by atoms with Crippen molar-refractivity contribution in [3.05, 3.63) is 59.4 Å². The number of nitrogens with zero attached hydrogens (tertiary/aromatic N) is 2. The molecule has 1 heterocycles. The molecule has 158 valence electrons. The van der Waals surface area contributed by atoms with Crippen molar-refractivity contribution in [2.24, 2.45) is 0 Å². The molecule has 0 saturated carbocycles. The molecule has 0 amide bonds. The zero-order valence-corrected chi connectivity index (χ0v) is 17.8. The van der Waals surface area contributed by atoms with Crippen LogP contribution in [-0.4, -0.2) is 58.0 Å². The zero-order chi connectivity index (χ0) is 21.0. The van der Waals surface area contributed by atoms with Gasteiger partial charge >= 0.3 is 0 Å². The second-order valence-electron chi connectivity index (χ2n) is 7.32. The van der Waals surface area contributed by atoms with Gasteiger partial charge in [0.15, 0.2) is 0 Å². The summed E-state index contributed by atoms with van der Waals surface area (Å²) in [5.41, 5.74) is 1.75. The highest BCUT2D eigenvalue weighted by Gasteiger charge is 2.33. The maximum absolute atomic E-state index is 13.2. The topological polar surface area (TPSA) is 59.1 Å². The highest BCUT2D eigenvalue weighted by atomic mass is 32.2. The molecular formula is C21H27FN2O4S. The molecule has 8 heteroatoms. The normalized spacial score (nSPS) is 17.6. The van der Waals surface area contributed by atoms with Gasteiger partial charge in [0.25, 0.3) is 0 Å². The molecule has 3 rings (SSSR count). The van der Waals surface area contributed by atoms with Crippen molar-refractivity contribution in [2.45, 2.75) is 24.5 Å². The van der Waals surface area contributed by atoms with Gasteiger partial charge in [0.05, 0.1) is 24.2 Å². The van der Waals surface area contributed by atoms with Crippen molar-refractivity contribution >= 4 is 10.0 Å². The van der Waals surface area contributed by atoms with Crippen LogP contribution in [0.4, 0.5) is 4.39 Å². The number of ether oxygens (including phenoxy) is 2. The predicted molar refractivity (Wildman–Crippen MR) is 109 cm³/mol. The first kappa shape index (κ1) is 21.7. The van der Waals surface area contributed by atoms with Gasteiger partial charge in [-0.25, -0.2) is 12.8 Å². The molecule has 0 aromatic heterocycles. The van der Waals surface area contributed by atoms with Gasteiger partial charge < -0.3 is 14.4 Å². The number of benzene rings is 2. The van der Waals surface area contributed by atoms with Crippen LogP contribution >= 0.6 is 0 Å². The first-order valence-corrected chi connectivity index (χ1v) is 11.0. The molecule has 0 fully saturated rings. The predicted octanol–water partition coefficient (Wildman–Crippen LogP) is 3.05. The van der Waals surface area contributed by atoms with E-state index in [-0.39, 0.29) is 18.0 Å². The van der Waals surface area contributed by atoms with Crippen molar-refractivity contribution in [1.29, 1.82) is 0 Å². The van der Waals surface area contributed by atoms with Crippen LogP contribution in [0.2, 0.25) is 0 Å². The summed E-state index contributed by atoms with van der Waals surface area (Å²) in [6.07, 6.45) is 0. The Morgan fingerprint density at radius 2 is 1.93 bits per heavy atom. The Hall–Kier alpha value is -2.00. The van der Waals surface area contributed by atoms with E-state index >= 15 is 0 Å². The number of rotatable bonds is 7. The van der Waals surface area contributed by atoms with Gasteiger partial charge in [0, 0.05) is 18.7 Å². The lowest BCUT2D eigenvalue weighted by molar-refractivity contribution is 0.105. The van der Waals surface area contributed by atoms with Gasteiger partial charge in [0.1, 0.15) is 18.2 Å². The van der Waals surface area contributed by atoms with Gasteiger partial charge in [0.2, 0.25) is 10.0 Å². The molecule has 1 unspecified atom stereocenters. The maximum Gasteiger partial charge on any atom is 0.243 e. The van der Waals surface area contributed by atoms with Gasteiger partial charge in [-0.05, 0) is 63.0 Å². The van der Waals surface area contributed by atoms with E-state index in [0.29, 0.717) is 19.0 Å². The van der Waals surface area contributed by atoms with E-state index in [9.17, 15) is 12.8 Å². The van der Waals surface area contributed by atoms with Crippen LogP contribution in [0.15, 0.2) is 47.4 Å². The van der Waals surface area contributed by atoms with Crippen LogP contribution in [0.25, 0.3) is 0 Å². The van der Waals surface area contributed by atoms with Crippen LogP contribution < -0.4 is 4.74 Å². The average Bonchev–Trinajstić information content (AvgIpc) is 2.85. The minimum absolute atomic E-state index is 0.0670. The maximum atomic E-state index is 13.2. The molecule has 1 aliphatic rings. The largest absolute Gasteiger partial charge is 0.492 e. The lowest BCUT2D eigenvalue weighted by Crippen LogP contribution is -2.35. The third-order valence-electron chi connectivity index (χ3n) is 4.90. The number of sulfonamides is 1. The molecule has 0 spiro atoms. The molecule has 1 atom stereocenters. The minimum atomic E-state index is -3.79. The summed E-state index contributed by atoms with van der Waals surface area (Å²) in [6, 6.07) is 10.2. The monoisotopic (exact) mass is 422 g/mol. The smallest absolute Gasteiger partial charge is 0.243 e. The van der Waals surface area contributed by atoms with Crippen LogP contribution in [-0.2, 0) is 21.4 Å². The van der Waals surface area contributed by atoms with Crippen LogP contribution in [0.5, 0.6) is 5.75 Å². The number of halogens is 1. The summed E-state index contributed by atoms with van der Waals surface area (Å²) in [4.78, 5) is 2.11. The van der Waals surface area contributed by atoms with Crippen molar-refractivity contribution in [1.82, 2.24) is 9.21 Å². The summed E-state index contributed by atoms with van der Waals surface area (Å²) in [7, 11) is 0.187. The molecular weight excluding hydrogens is 395 g/mol. The molecule has 0 saturated heterocycles. The Morgan fingerprint density at radius 1 is 1.21 bits per heavy atom. The molecule has 0 aliphatic carbocycles.